The van der Waals surface area contributed by atoms with E-state index in [1.54, 1.807) is 30.4 Å². The van der Waals surface area contributed by atoms with E-state index in [-0.39, 0.29) is 23.8 Å². The van der Waals surface area contributed by atoms with Crippen molar-refractivity contribution in [2.24, 2.45) is 5.92 Å². The summed E-state index contributed by atoms with van der Waals surface area (Å²) in [7, 11) is 1.76. The minimum atomic E-state index is -0.177. The number of nitrogens with one attached hydrogen (secondary N) is 1. The van der Waals surface area contributed by atoms with Crippen LogP contribution in [-0.4, -0.2) is 23.0 Å². The number of carbonyl (C=O) groups is 1. The highest BCUT2D eigenvalue weighted by molar-refractivity contribution is 5.74. The van der Waals surface area contributed by atoms with Crippen molar-refractivity contribution >= 4 is 6.03 Å². The number of nitrogens with zero attached hydrogens (tertiary/aromatic N) is 2. The van der Waals surface area contributed by atoms with Gasteiger partial charge in [0, 0.05) is 26.0 Å². The van der Waals surface area contributed by atoms with Crippen molar-refractivity contribution in [1.82, 2.24) is 15.2 Å². The molecule has 2 atom stereocenters. The Morgan fingerprint density at radius 2 is 2.08 bits per heavy atom. The van der Waals surface area contributed by atoms with Crippen LogP contribution in [0.15, 0.2) is 42.7 Å². The second-order valence-electron chi connectivity index (χ2n) is 6.46. The molecule has 2 aromatic rings. The quantitative estimate of drug-likeness (QED) is 0.934. The van der Waals surface area contributed by atoms with Gasteiger partial charge in [0.1, 0.15) is 5.82 Å². The number of rotatable bonds is 3. The predicted molar refractivity (Wildman–Crippen MR) is 90.9 cm³/mol. The highest BCUT2D eigenvalue weighted by Crippen LogP contribution is 2.35. The number of urea groups is 1. The van der Waals surface area contributed by atoms with Gasteiger partial charge in [0.05, 0.1) is 6.04 Å². The third kappa shape index (κ3) is 3.40. The molecule has 0 saturated heterocycles. The number of aromatic nitrogens is 1. The Balaban J connectivity index is 1.73. The van der Waals surface area contributed by atoms with Gasteiger partial charge in [-0.25, -0.2) is 9.18 Å². The highest BCUT2D eigenvalue weighted by atomic mass is 19.1. The number of fused-ring (bicyclic) bond motifs is 1. The van der Waals surface area contributed by atoms with Crippen molar-refractivity contribution in [1.29, 1.82) is 0 Å². The van der Waals surface area contributed by atoms with E-state index in [0.717, 1.165) is 29.5 Å². The third-order valence-corrected chi connectivity index (χ3v) is 4.70. The van der Waals surface area contributed by atoms with Crippen LogP contribution in [-0.2, 0) is 13.0 Å². The SMILES string of the molecule is C[C@H]1CCc2c(F)cccc2[C@@H]1NC(=O)N(C)Cc1ccncc1. The van der Waals surface area contributed by atoms with Gasteiger partial charge in [-0.05, 0) is 53.6 Å². The maximum Gasteiger partial charge on any atom is 0.317 e. The number of hydrogen-bond acceptors (Lipinski definition) is 2. The topological polar surface area (TPSA) is 45.2 Å². The Morgan fingerprint density at radius 1 is 1.33 bits per heavy atom. The monoisotopic (exact) mass is 327 g/mol. The molecule has 0 saturated carbocycles. The average molecular weight is 327 g/mol. The Labute approximate surface area is 141 Å². The van der Waals surface area contributed by atoms with Gasteiger partial charge in [-0.1, -0.05) is 19.1 Å². The number of halogens is 1. The van der Waals surface area contributed by atoms with E-state index in [1.165, 1.54) is 6.07 Å². The summed E-state index contributed by atoms with van der Waals surface area (Å²) in [6, 6.07) is 8.59. The van der Waals surface area contributed by atoms with E-state index in [4.69, 9.17) is 0 Å². The van der Waals surface area contributed by atoms with E-state index >= 15 is 0 Å². The number of pyridine rings is 1. The molecule has 126 valence electrons. The van der Waals surface area contributed by atoms with E-state index in [0.29, 0.717) is 6.54 Å². The molecule has 0 fully saturated rings. The van der Waals surface area contributed by atoms with Gasteiger partial charge in [0.25, 0.3) is 0 Å². The van der Waals surface area contributed by atoms with Crippen molar-refractivity contribution in [3.05, 3.63) is 65.2 Å². The van der Waals surface area contributed by atoms with Crippen molar-refractivity contribution in [3.63, 3.8) is 0 Å². The molecule has 1 N–H and O–H groups in total. The first-order valence-electron chi connectivity index (χ1n) is 8.24. The lowest BCUT2D eigenvalue weighted by molar-refractivity contribution is 0.195. The Hall–Kier alpha value is -2.43. The molecule has 4 nitrogen and oxygen atoms in total. The molecular weight excluding hydrogens is 305 g/mol. The molecule has 0 radical (unpaired) electrons. The molecule has 5 heteroatoms. The third-order valence-electron chi connectivity index (χ3n) is 4.70. The summed E-state index contributed by atoms with van der Waals surface area (Å²) >= 11 is 0. The van der Waals surface area contributed by atoms with E-state index in [1.807, 2.05) is 18.2 Å². The molecule has 0 bridgehead atoms. The Bertz CT molecular complexity index is 720. The minimum absolute atomic E-state index is 0.152. The van der Waals surface area contributed by atoms with Crippen LogP contribution in [0.25, 0.3) is 0 Å². The molecule has 0 unspecified atom stereocenters. The summed E-state index contributed by atoms with van der Waals surface area (Å²) < 4.78 is 14.0. The molecule has 1 aromatic heterocycles. The van der Waals surface area contributed by atoms with Crippen LogP contribution in [0.5, 0.6) is 0 Å². The minimum Gasteiger partial charge on any atom is -0.331 e. The maximum atomic E-state index is 14.0. The van der Waals surface area contributed by atoms with E-state index in [9.17, 15) is 9.18 Å². The lowest BCUT2D eigenvalue weighted by Crippen LogP contribution is -2.42. The molecule has 24 heavy (non-hydrogen) atoms. The van der Waals surface area contributed by atoms with Crippen LogP contribution in [0.1, 0.15) is 36.1 Å². The van der Waals surface area contributed by atoms with Crippen molar-refractivity contribution in [2.45, 2.75) is 32.4 Å². The smallest absolute Gasteiger partial charge is 0.317 e. The first kappa shape index (κ1) is 16.4. The zero-order chi connectivity index (χ0) is 17.1. The highest BCUT2D eigenvalue weighted by Gasteiger charge is 2.30. The van der Waals surface area contributed by atoms with Crippen LogP contribution in [0.4, 0.5) is 9.18 Å². The van der Waals surface area contributed by atoms with Crippen LogP contribution in [0.2, 0.25) is 0 Å². The van der Waals surface area contributed by atoms with Crippen molar-refractivity contribution < 1.29 is 9.18 Å². The fourth-order valence-electron chi connectivity index (χ4n) is 3.27. The van der Waals surface area contributed by atoms with Crippen LogP contribution in [0, 0.1) is 11.7 Å². The number of amides is 2. The lowest BCUT2D eigenvalue weighted by Gasteiger charge is -2.33. The van der Waals surface area contributed by atoms with Crippen molar-refractivity contribution in [2.75, 3.05) is 7.05 Å². The summed E-state index contributed by atoms with van der Waals surface area (Å²) in [4.78, 5) is 18.2. The van der Waals surface area contributed by atoms with Crippen LogP contribution >= 0.6 is 0 Å². The molecule has 1 aliphatic rings. The van der Waals surface area contributed by atoms with Gasteiger partial charge < -0.3 is 10.2 Å². The summed E-state index contributed by atoms with van der Waals surface area (Å²) in [6.07, 6.45) is 5.02. The molecule has 0 aliphatic heterocycles. The maximum absolute atomic E-state index is 14.0. The van der Waals surface area contributed by atoms with Crippen molar-refractivity contribution in [3.8, 4) is 0 Å². The molecule has 1 heterocycles. The molecule has 1 aromatic carbocycles. The molecule has 3 rings (SSSR count). The van der Waals surface area contributed by atoms with Gasteiger partial charge in [-0.15, -0.1) is 0 Å². The molecule has 2 amide bonds. The van der Waals surface area contributed by atoms with Gasteiger partial charge in [-0.2, -0.15) is 0 Å². The summed E-state index contributed by atoms with van der Waals surface area (Å²) in [5, 5.41) is 3.08. The summed E-state index contributed by atoms with van der Waals surface area (Å²) in [5.41, 5.74) is 2.66. The standard InChI is InChI=1S/C19H22FN3O/c1-13-6-7-15-16(4-3-5-17(15)20)18(13)22-19(24)23(2)12-14-8-10-21-11-9-14/h3-5,8-11,13,18H,6-7,12H2,1-2H3,(H,22,24)/t13-,18+/m0/s1. The van der Waals surface area contributed by atoms with Gasteiger partial charge in [-0.3, -0.25) is 4.98 Å². The van der Waals surface area contributed by atoms with Gasteiger partial charge in [0.2, 0.25) is 0 Å². The van der Waals surface area contributed by atoms with E-state index in [2.05, 4.69) is 17.2 Å². The average Bonchev–Trinajstić information content (AvgIpc) is 2.58. The van der Waals surface area contributed by atoms with Crippen LogP contribution < -0.4 is 5.32 Å². The van der Waals surface area contributed by atoms with E-state index < -0.39 is 0 Å². The fourth-order valence-corrected chi connectivity index (χ4v) is 3.27. The second kappa shape index (κ2) is 6.99. The van der Waals surface area contributed by atoms with Gasteiger partial charge >= 0.3 is 6.03 Å². The van der Waals surface area contributed by atoms with Gasteiger partial charge in [0.15, 0.2) is 0 Å². The zero-order valence-electron chi connectivity index (χ0n) is 14.0. The summed E-state index contributed by atoms with van der Waals surface area (Å²) in [5.74, 6) is 0.0985. The fraction of sp³-hybridized carbons (Fsp3) is 0.368. The number of benzene rings is 1. The lowest BCUT2D eigenvalue weighted by atomic mass is 9.80. The normalized spacial score (nSPS) is 19.5. The molecular formula is C19H22FN3O. The molecule has 1 aliphatic carbocycles. The Kier molecular flexibility index (Phi) is 4.79. The zero-order valence-corrected chi connectivity index (χ0v) is 14.0. The predicted octanol–water partition coefficient (Wildman–Crippen LogP) is 3.69. The summed E-state index contributed by atoms with van der Waals surface area (Å²) in [6.45, 7) is 2.60. The Morgan fingerprint density at radius 3 is 2.83 bits per heavy atom. The molecule has 0 spiro atoms. The van der Waals surface area contributed by atoms with Crippen LogP contribution in [0.3, 0.4) is 0 Å². The number of carbonyl (C=O) groups excluding carboxylic acids is 1. The number of hydrogen-bond donors (Lipinski definition) is 1. The second-order valence-corrected chi connectivity index (χ2v) is 6.46. The largest absolute Gasteiger partial charge is 0.331 e. The first-order chi connectivity index (χ1) is 11.6. The first-order valence-corrected chi connectivity index (χ1v) is 8.24.